The summed E-state index contributed by atoms with van der Waals surface area (Å²) in [5, 5.41) is 3.13. The van der Waals surface area contributed by atoms with Crippen molar-refractivity contribution < 1.29 is 17.9 Å². The lowest BCUT2D eigenvalue weighted by Crippen LogP contribution is -2.30. The predicted molar refractivity (Wildman–Crippen MR) is 102 cm³/mol. The first kappa shape index (κ1) is 20.4. The fourth-order valence-corrected chi connectivity index (χ4v) is 4.07. The van der Waals surface area contributed by atoms with Crippen LogP contribution in [0.4, 0.5) is 5.69 Å². The van der Waals surface area contributed by atoms with Crippen LogP contribution in [0.2, 0.25) is 5.02 Å². The molecule has 0 aliphatic carbocycles. The highest BCUT2D eigenvalue weighted by Crippen LogP contribution is 2.25. The lowest BCUT2D eigenvalue weighted by Gasteiger charge is -2.18. The smallest absolute Gasteiger partial charge is 0.240 e. The van der Waals surface area contributed by atoms with Gasteiger partial charge in [-0.1, -0.05) is 29.8 Å². The van der Waals surface area contributed by atoms with Crippen LogP contribution in [0.5, 0.6) is 0 Å². The standard InChI is InChI=1S/C18H21ClN2O4S/c1-12-10-14(21-13(2)22)8-9-18(12)26(23,24)20-11-17(25-3)15-6-4-5-7-16(15)19/h4-10,17,20H,11H2,1-3H3,(H,21,22)/t17-/m1/s1. The van der Waals surface area contributed by atoms with Crippen LogP contribution in [0.25, 0.3) is 0 Å². The van der Waals surface area contributed by atoms with E-state index in [1.165, 1.54) is 20.1 Å². The lowest BCUT2D eigenvalue weighted by atomic mass is 10.1. The zero-order valence-corrected chi connectivity index (χ0v) is 16.3. The monoisotopic (exact) mass is 396 g/mol. The summed E-state index contributed by atoms with van der Waals surface area (Å²) in [5.74, 6) is -0.221. The zero-order valence-electron chi connectivity index (χ0n) is 14.7. The lowest BCUT2D eigenvalue weighted by molar-refractivity contribution is -0.114. The second kappa shape index (κ2) is 8.64. The zero-order chi connectivity index (χ0) is 19.3. The molecule has 8 heteroatoms. The number of amides is 1. The van der Waals surface area contributed by atoms with E-state index in [0.717, 1.165) is 0 Å². The Bertz CT molecular complexity index is 900. The first-order valence-corrected chi connectivity index (χ1v) is 9.76. The van der Waals surface area contributed by atoms with Gasteiger partial charge < -0.3 is 10.1 Å². The molecule has 1 amide bonds. The van der Waals surface area contributed by atoms with Crippen LogP contribution in [0, 0.1) is 6.92 Å². The van der Waals surface area contributed by atoms with Gasteiger partial charge in [0, 0.05) is 36.9 Å². The minimum absolute atomic E-state index is 0.0372. The third-order valence-electron chi connectivity index (χ3n) is 3.78. The Kier molecular flexibility index (Phi) is 6.77. The number of sulfonamides is 1. The molecule has 0 bridgehead atoms. The molecule has 0 saturated carbocycles. The summed E-state index contributed by atoms with van der Waals surface area (Å²) < 4.78 is 33.2. The molecule has 0 radical (unpaired) electrons. The molecule has 1 atom stereocenters. The molecule has 6 nitrogen and oxygen atoms in total. The normalized spacial score (nSPS) is 12.6. The fourth-order valence-electron chi connectivity index (χ4n) is 2.55. The van der Waals surface area contributed by atoms with Crippen molar-refractivity contribution in [3.8, 4) is 0 Å². The Morgan fingerprint density at radius 1 is 1.23 bits per heavy atom. The maximum absolute atomic E-state index is 12.6. The number of hydrogen-bond acceptors (Lipinski definition) is 4. The van der Waals surface area contributed by atoms with Gasteiger partial charge >= 0.3 is 0 Å². The molecule has 0 aliphatic heterocycles. The first-order chi connectivity index (χ1) is 12.2. The highest BCUT2D eigenvalue weighted by Gasteiger charge is 2.21. The van der Waals surface area contributed by atoms with Crippen LogP contribution in [0.15, 0.2) is 47.4 Å². The van der Waals surface area contributed by atoms with Crippen LogP contribution >= 0.6 is 11.6 Å². The van der Waals surface area contributed by atoms with Crippen LogP contribution in [-0.2, 0) is 19.6 Å². The molecule has 0 saturated heterocycles. The van der Waals surface area contributed by atoms with Gasteiger partial charge in [0.2, 0.25) is 15.9 Å². The van der Waals surface area contributed by atoms with E-state index in [1.807, 2.05) is 6.07 Å². The van der Waals surface area contributed by atoms with Gasteiger partial charge in [0.15, 0.2) is 0 Å². The highest BCUT2D eigenvalue weighted by atomic mass is 35.5. The van der Waals surface area contributed by atoms with E-state index >= 15 is 0 Å². The number of methoxy groups -OCH3 is 1. The Balaban J connectivity index is 2.18. The summed E-state index contributed by atoms with van der Waals surface area (Å²) in [6, 6.07) is 11.7. The largest absolute Gasteiger partial charge is 0.375 e. The number of ether oxygens (including phenoxy) is 1. The summed E-state index contributed by atoms with van der Waals surface area (Å²) in [7, 11) is -2.25. The maximum Gasteiger partial charge on any atom is 0.240 e. The fraction of sp³-hybridized carbons (Fsp3) is 0.278. The van der Waals surface area contributed by atoms with E-state index in [2.05, 4.69) is 10.0 Å². The Morgan fingerprint density at radius 3 is 2.50 bits per heavy atom. The van der Waals surface area contributed by atoms with E-state index < -0.39 is 16.1 Å². The van der Waals surface area contributed by atoms with Crippen molar-refractivity contribution in [3.63, 3.8) is 0 Å². The van der Waals surface area contributed by atoms with Gasteiger partial charge in [-0.05, 0) is 36.8 Å². The quantitative estimate of drug-likeness (QED) is 0.752. The number of anilines is 1. The second-order valence-electron chi connectivity index (χ2n) is 5.76. The number of hydrogen-bond donors (Lipinski definition) is 2. The van der Waals surface area contributed by atoms with E-state index in [9.17, 15) is 13.2 Å². The Labute approximate surface area is 158 Å². The van der Waals surface area contributed by atoms with E-state index in [0.29, 0.717) is 21.8 Å². The van der Waals surface area contributed by atoms with Crippen molar-refractivity contribution in [1.29, 1.82) is 0 Å². The number of nitrogens with one attached hydrogen (secondary N) is 2. The summed E-state index contributed by atoms with van der Waals surface area (Å²) in [6.45, 7) is 3.10. The van der Waals surface area contributed by atoms with Crippen molar-refractivity contribution in [2.75, 3.05) is 19.0 Å². The number of halogens is 1. The number of carbonyl (C=O) groups excluding carboxylic acids is 1. The van der Waals surface area contributed by atoms with E-state index in [4.69, 9.17) is 16.3 Å². The summed E-state index contributed by atoms with van der Waals surface area (Å²) in [4.78, 5) is 11.3. The van der Waals surface area contributed by atoms with Gasteiger partial charge in [-0.3, -0.25) is 4.79 Å². The number of carbonyl (C=O) groups is 1. The molecule has 0 unspecified atom stereocenters. The van der Waals surface area contributed by atoms with E-state index in [1.54, 1.807) is 37.3 Å². The van der Waals surface area contributed by atoms with Crippen molar-refractivity contribution in [2.24, 2.45) is 0 Å². The molecule has 2 aromatic carbocycles. The SMILES string of the molecule is CO[C@H](CNS(=O)(=O)c1ccc(NC(C)=O)cc1C)c1ccccc1Cl. The molecule has 2 rings (SSSR count). The molecule has 0 spiro atoms. The number of rotatable bonds is 7. The molecule has 0 heterocycles. The first-order valence-electron chi connectivity index (χ1n) is 7.89. The Morgan fingerprint density at radius 2 is 1.92 bits per heavy atom. The van der Waals surface area contributed by atoms with Gasteiger partial charge in [0.1, 0.15) is 0 Å². The summed E-state index contributed by atoms with van der Waals surface area (Å²) >= 11 is 6.16. The van der Waals surface area contributed by atoms with Gasteiger partial charge in [0.25, 0.3) is 0 Å². The molecular weight excluding hydrogens is 376 g/mol. The average Bonchev–Trinajstić information content (AvgIpc) is 2.56. The van der Waals surface area contributed by atoms with Crippen LogP contribution in [-0.4, -0.2) is 28.0 Å². The van der Waals surface area contributed by atoms with Crippen molar-refractivity contribution >= 4 is 33.2 Å². The van der Waals surface area contributed by atoms with Crippen LogP contribution < -0.4 is 10.0 Å². The molecule has 0 aromatic heterocycles. The molecular formula is C18H21ClN2O4S. The maximum atomic E-state index is 12.6. The van der Waals surface area contributed by atoms with E-state index in [-0.39, 0.29) is 17.3 Å². The van der Waals surface area contributed by atoms with Gasteiger partial charge in [-0.25, -0.2) is 13.1 Å². The average molecular weight is 397 g/mol. The van der Waals surface area contributed by atoms with Crippen molar-refractivity contribution in [3.05, 3.63) is 58.6 Å². The van der Waals surface area contributed by atoms with Crippen LogP contribution in [0.1, 0.15) is 24.2 Å². The third-order valence-corrected chi connectivity index (χ3v) is 5.71. The Hall–Kier alpha value is -1.93. The van der Waals surface area contributed by atoms with Gasteiger partial charge in [0.05, 0.1) is 11.0 Å². The van der Waals surface area contributed by atoms with Gasteiger partial charge in [-0.2, -0.15) is 0 Å². The minimum atomic E-state index is -3.75. The van der Waals surface area contributed by atoms with Crippen molar-refractivity contribution in [2.45, 2.75) is 24.8 Å². The number of benzene rings is 2. The topological polar surface area (TPSA) is 84.5 Å². The molecule has 0 aliphatic rings. The second-order valence-corrected chi connectivity index (χ2v) is 7.90. The predicted octanol–water partition coefficient (Wildman–Crippen LogP) is 3.27. The molecule has 2 aromatic rings. The third kappa shape index (κ3) is 5.04. The highest BCUT2D eigenvalue weighted by molar-refractivity contribution is 7.89. The summed E-state index contributed by atoms with van der Waals surface area (Å²) in [5.41, 5.74) is 1.77. The molecule has 0 fully saturated rings. The molecule has 140 valence electrons. The molecule has 2 N–H and O–H groups in total. The van der Waals surface area contributed by atoms with Gasteiger partial charge in [-0.15, -0.1) is 0 Å². The number of aryl methyl sites for hydroxylation is 1. The molecule has 26 heavy (non-hydrogen) atoms. The van der Waals surface area contributed by atoms with Crippen LogP contribution in [0.3, 0.4) is 0 Å². The minimum Gasteiger partial charge on any atom is -0.375 e. The van der Waals surface area contributed by atoms with Crippen molar-refractivity contribution in [1.82, 2.24) is 4.72 Å². The summed E-state index contributed by atoms with van der Waals surface area (Å²) in [6.07, 6.45) is -0.516.